The van der Waals surface area contributed by atoms with E-state index in [-0.39, 0.29) is 12.4 Å². The van der Waals surface area contributed by atoms with Crippen LogP contribution < -0.4 is 0 Å². The van der Waals surface area contributed by atoms with Gasteiger partial charge in [-0.15, -0.1) is 0 Å². The van der Waals surface area contributed by atoms with E-state index in [9.17, 15) is 17.6 Å². The van der Waals surface area contributed by atoms with Gasteiger partial charge in [-0.25, -0.2) is 4.39 Å². The summed E-state index contributed by atoms with van der Waals surface area (Å²) < 4.78 is 52.4. The Bertz CT molecular complexity index is 709. The highest BCUT2D eigenvalue weighted by atomic mass is 19.4. The van der Waals surface area contributed by atoms with Gasteiger partial charge in [0.15, 0.2) is 0 Å². The number of alkyl halides is 3. The van der Waals surface area contributed by atoms with Crippen molar-refractivity contribution in [1.82, 2.24) is 14.8 Å². The molecule has 1 aromatic carbocycles. The lowest BCUT2D eigenvalue weighted by Crippen LogP contribution is -2.45. The van der Waals surface area contributed by atoms with Crippen LogP contribution in [0.2, 0.25) is 0 Å². The maximum absolute atomic E-state index is 13.2. The molecule has 3 nitrogen and oxygen atoms in total. The summed E-state index contributed by atoms with van der Waals surface area (Å²) >= 11 is 0. The van der Waals surface area contributed by atoms with Crippen molar-refractivity contribution in [1.29, 1.82) is 0 Å². The first kappa shape index (κ1) is 17.8. The van der Waals surface area contributed by atoms with Gasteiger partial charge in [-0.3, -0.25) is 14.8 Å². The highest BCUT2D eigenvalue weighted by Gasteiger charge is 2.33. The Morgan fingerprint density at radius 2 is 1.56 bits per heavy atom. The van der Waals surface area contributed by atoms with Crippen LogP contribution in [-0.4, -0.2) is 41.0 Å². The summed E-state index contributed by atoms with van der Waals surface area (Å²) in [4.78, 5) is 8.01. The number of pyridine rings is 1. The van der Waals surface area contributed by atoms with Crippen LogP contribution in [-0.2, 0) is 19.3 Å². The maximum atomic E-state index is 13.2. The summed E-state index contributed by atoms with van der Waals surface area (Å²) in [6.07, 6.45) is -1.53. The first-order valence-electron chi connectivity index (χ1n) is 8.11. The Labute approximate surface area is 143 Å². The standard InChI is InChI=1S/C18H19F4N3/c19-16-9-14(10-23-11-16)12-24-5-7-25(8-6-24)13-15-3-1-2-4-17(15)18(20,21)22/h1-4,9-11H,5-8,12-13H2. The van der Waals surface area contributed by atoms with E-state index in [0.717, 1.165) is 24.7 Å². The molecule has 134 valence electrons. The fourth-order valence-electron chi connectivity index (χ4n) is 3.08. The highest BCUT2D eigenvalue weighted by Crippen LogP contribution is 2.32. The fourth-order valence-corrected chi connectivity index (χ4v) is 3.08. The minimum absolute atomic E-state index is 0.283. The Morgan fingerprint density at radius 3 is 2.20 bits per heavy atom. The predicted molar refractivity (Wildman–Crippen MR) is 86.2 cm³/mol. The molecule has 1 aromatic heterocycles. The van der Waals surface area contributed by atoms with E-state index >= 15 is 0 Å². The second-order valence-electron chi connectivity index (χ2n) is 6.22. The number of hydrogen-bond donors (Lipinski definition) is 0. The van der Waals surface area contributed by atoms with Gasteiger partial charge >= 0.3 is 6.18 Å². The molecule has 0 unspecified atom stereocenters. The number of nitrogens with zero attached hydrogens (tertiary/aromatic N) is 3. The summed E-state index contributed by atoms with van der Waals surface area (Å²) in [6, 6.07) is 7.17. The van der Waals surface area contributed by atoms with Gasteiger partial charge in [-0.1, -0.05) is 18.2 Å². The molecule has 3 rings (SSSR count). The summed E-state index contributed by atoms with van der Waals surface area (Å²) in [5, 5.41) is 0. The zero-order chi connectivity index (χ0) is 17.9. The van der Waals surface area contributed by atoms with Gasteiger partial charge in [0.2, 0.25) is 0 Å². The van der Waals surface area contributed by atoms with Gasteiger partial charge < -0.3 is 0 Å². The van der Waals surface area contributed by atoms with Crippen molar-refractivity contribution in [2.45, 2.75) is 19.3 Å². The molecule has 0 N–H and O–H groups in total. The third-order valence-corrected chi connectivity index (χ3v) is 4.35. The van der Waals surface area contributed by atoms with Crippen LogP contribution in [0.4, 0.5) is 17.6 Å². The number of benzene rings is 1. The molecule has 1 aliphatic heterocycles. The molecule has 0 atom stereocenters. The minimum Gasteiger partial charge on any atom is -0.297 e. The number of hydrogen-bond acceptors (Lipinski definition) is 3. The molecule has 0 radical (unpaired) electrons. The van der Waals surface area contributed by atoms with Crippen molar-refractivity contribution in [3.63, 3.8) is 0 Å². The summed E-state index contributed by atoms with van der Waals surface area (Å²) in [7, 11) is 0. The van der Waals surface area contributed by atoms with E-state index in [1.807, 2.05) is 4.90 Å². The van der Waals surface area contributed by atoms with Crippen molar-refractivity contribution in [3.05, 3.63) is 65.2 Å². The quantitative estimate of drug-likeness (QED) is 0.784. The highest BCUT2D eigenvalue weighted by molar-refractivity contribution is 5.29. The molecular weight excluding hydrogens is 334 g/mol. The Kier molecular flexibility index (Phi) is 5.34. The molecule has 1 aliphatic rings. The van der Waals surface area contributed by atoms with Crippen molar-refractivity contribution >= 4 is 0 Å². The van der Waals surface area contributed by atoms with Crippen LogP contribution in [0, 0.1) is 5.82 Å². The van der Waals surface area contributed by atoms with Gasteiger partial charge in [0.25, 0.3) is 0 Å². The zero-order valence-corrected chi connectivity index (χ0v) is 13.6. The summed E-state index contributed by atoms with van der Waals surface area (Å²) in [6.45, 7) is 3.68. The Morgan fingerprint density at radius 1 is 0.920 bits per heavy atom. The predicted octanol–water partition coefficient (Wildman–Crippen LogP) is 3.56. The van der Waals surface area contributed by atoms with Gasteiger partial charge in [-0.05, 0) is 23.3 Å². The molecule has 7 heteroatoms. The second-order valence-corrected chi connectivity index (χ2v) is 6.22. The second kappa shape index (κ2) is 7.49. The van der Waals surface area contributed by atoms with Gasteiger partial charge in [0.1, 0.15) is 5.82 Å². The van der Waals surface area contributed by atoms with E-state index in [0.29, 0.717) is 25.2 Å². The smallest absolute Gasteiger partial charge is 0.297 e. The third-order valence-electron chi connectivity index (χ3n) is 4.35. The molecule has 2 heterocycles. The number of halogens is 4. The first-order chi connectivity index (χ1) is 11.9. The summed E-state index contributed by atoms with van der Waals surface area (Å²) in [5.74, 6) is -0.361. The minimum atomic E-state index is -4.33. The Balaban J connectivity index is 1.57. The van der Waals surface area contributed by atoms with Crippen molar-refractivity contribution < 1.29 is 17.6 Å². The van der Waals surface area contributed by atoms with Crippen LogP contribution in [0.1, 0.15) is 16.7 Å². The number of piperazine rings is 1. The van der Waals surface area contributed by atoms with E-state index < -0.39 is 11.7 Å². The van der Waals surface area contributed by atoms with Crippen molar-refractivity contribution in [3.8, 4) is 0 Å². The molecule has 0 aliphatic carbocycles. The van der Waals surface area contributed by atoms with Gasteiger partial charge in [-0.2, -0.15) is 13.2 Å². The lowest BCUT2D eigenvalue weighted by molar-refractivity contribution is -0.138. The lowest BCUT2D eigenvalue weighted by atomic mass is 10.1. The third kappa shape index (κ3) is 4.76. The van der Waals surface area contributed by atoms with Crippen molar-refractivity contribution in [2.75, 3.05) is 26.2 Å². The van der Waals surface area contributed by atoms with Gasteiger partial charge in [0, 0.05) is 45.5 Å². The normalized spacial score (nSPS) is 17.0. The molecule has 0 bridgehead atoms. The zero-order valence-electron chi connectivity index (χ0n) is 13.6. The van der Waals surface area contributed by atoms with Crippen LogP contribution in [0.5, 0.6) is 0 Å². The topological polar surface area (TPSA) is 19.4 Å². The van der Waals surface area contributed by atoms with E-state index in [1.54, 1.807) is 12.3 Å². The molecule has 25 heavy (non-hydrogen) atoms. The van der Waals surface area contributed by atoms with E-state index in [1.165, 1.54) is 24.4 Å². The fraction of sp³-hybridized carbons (Fsp3) is 0.389. The molecular formula is C18H19F4N3. The monoisotopic (exact) mass is 353 g/mol. The van der Waals surface area contributed by atoms with Crippen LogP contribution in [0.3, 0.4) is 0 Å². The van der Waals surface area contributed by atoms with Crippen LogP contribution in [0.15, 0.2) is 42.7 Å². The van der Waals surface area contributed by atoms with E-state index in [4.69, 9.17) is 0 Å². The van der Waals surface area contributed by atoms with Crippen molar-refractivity contribution in [2.24, 2.45) is 0 Å². The lowest BCUT2D eigenvalue weighted by Gasteiger charge is -2.35. The largest absolute Gasteiger partial charge is 0.416 e. The maximum Gasteiger partial charge on any atom is 0.416 e. The van der Waals surface area contributed by atoms with E-state index in [2.05, 4.69) is 9.88 Å². The average molecular weight is 353 g/mol. The molecule has 0 spiro atoms. The number of aromatic nitrogens is 1. The Hall–Kier alpha value is -1.99. The number of rotatable bonds is 4. The average Bonchev–Trinajstić information content (AvgIpc) is 2.56. The molecule has 1 fully saturated rings. The van der Waals surface area contributed by atoms with Crippen LogP contribution >= 0.6 is 0 Å². The SMILES string of the molecule is Fc1cncc(CN2CCN(Cc3ccccc3C(F)(F)F)CC2)c1. The molecule has 1 saturated heterocycles. The summed E-state index contributed by atoms with van der Waals surface area (Å²) in [5.41, 5.74) is 0.539. The first-order valence-corrected chi connectivity index (χ1v) is 8.11. The molecule has 0 saturated carbocycles. The van der Waals surface area contributed by atoms with Crippen LogP contribution in [0.25, 0.3) is 0 Å². The van der Waals surface area contributed by atoms with Gasteiger partial charge in [0.05, 0.1) is 11.8 Å². The molecule has 2 aromatic rings. The molecule has 0 amide bonds.